The maximum Gasteiger partial charge on any atom is 0.408 e. The summed E-state index contributed by atoms with van der Waals surface area (Å²) < 4.78 is 9.79. The van der Waals surface area contributed by atoms with Crippen LogP contribution in [0.2, 0.25) is 0 Å². The van der Waals surface area contributed by atoms with Crippen LogP contribution in [-0.4, -0.2) is 30.3 Å². The van der Waals surface area contributed by atoms with Gasteiger partial charge in [0, 0.05) is 5.92 Å². The van der Waals surface area contributed by atoms with Gasteiger partial charge in [-0.1, -0.05) is 6.08 Å². The maximum atomic E-state index is 11.6. The average Bonchev–Trinajstić information content (AvgIpc) is 2.88. The van der Waals surface area contributed by atoms with Gasteiger partial charge in [0.1, 0.15) is 11.1 Å². The Labute approximate surface area is 101 Å². The fourth-order valence-electron chi connectivity index (χ4n) is 1.67. The molecule has 1 rings (SSSR count). The summed E-state index contributed by atoms with van der Waals surface area (Å²) in [4.78, 5) is 23.2. The molecule has 0 aromatic rings. The van der Waals surface area contributed by atoms with E-state index in [1.165, 1.54) is 7.11 Å². The monoisotopic (exact) mass is 241 g/mol. The van der Waals surface area contributed by atoms with Crippen molar-refractivity contribution in [3.63, 3.8) is 0 Å². The molecule has 1 saturated carbocycles. The molecule has 1 N–H and O–H groups in total. The quantitative estimate of drug-likeness (QED) is 0.602. The molecule has 5 nitrogen and oxygen atoms in total. The molecule has 2 atom stereocenters. The van der Waals surface area contributed by atoms with Crippen molar-refractivity contribution in [2.24, 2.45) is 5.92 Å². The first kappa shape index (κ1) is 13.5. The summed E-state index contributed by atoms with van der Waals surface area (Å²) in [7, 11) is 1.29. The molecule has 0 aromatic heterocycles. The fraction of sp³-hybridized carbons (Fsp3) is 0.667. The Bertz CT molecular complexity index is 345. The molecule has 0 bridgehead atoms. The molecular formula is C12H19NO4. The lowest BCUT2D eigenvalue weighted by molar-refractivity contribution is -0.144. The van der Waals surface area contributed by atoms with E-state index < -0.39 is 23.2 Å². The Balaban J connectivity index is 2.68. The van der Waals surface area contributed by atoms with Crippen LogP contribution in [0.3, 0.4) is 0 Å². The molecule has 0 aliphatic heterocycles. The molecule has 1 aliphatic rings. The van der Waals surface area contributed by atoms with Gasteiger partial charge in [-0.25, -0.2) is 9.59 Å². The van der Waals surface area contributed by atoms with Crippen LogP contribution >= 0.6 is 0 Å². The van der Waals surface area contributed by atoms with Crippen LogP contribution in [0.15, 0.2) is 12.7 Å². The number of hydrogen-bond acceptors (Lipinski definition) is 4. The van der Waals surface area contributed by atoms with Crippen LogP contribution < -0.4 is 5.32 Å². The van der Waals surface area contributed by atoms with Crippen molar-refractivity contribution in [3.05, 3.63) is 12.7 Å². The third-order valence-electron chi connectivity index (χ3n) is 2.57. The average molecular weight is 241 g/mol. The molecule has 0 saturated heterocycles. The summed E-state index contributed by atoms with van der Waals surface area (Å²) in [5, 5.41) is 2.57. The first-order valence-electron chi connectivity index (χ1n) is 5.47. The third-order valence-corrected chi connectivity index (χ3v) is 2.57. The zero-order chi connectivity index (χ0) is 13.3. The minimum absolute atomic E-state index is 0.0949. The van der Waals surface area contributed by atoms with E-state index in [4.69, 9.17) is 4.74 Å². The van der Waals surface area contributed by atoms with E-state index in [-0.39, 0.29) is 5.92 Å². The first-order valence-corrected chi connectivity index (χ1v) is 5.47. The topological polar surface area (TPSA) is 64.6 Å². The van der Waals surface area contributed by atoms with Crippen LogP contribution in [0.5, 0.6) is 0 Å². The van der Waals surface area contributed by atoms with Crippen molar-refractivity contribution in [1.29, 1.82) is 0 Å². The summed E-state index contributed by atoms with van der Waals surface area (Å²) in [6.45, 7) is 8.89. The van der Waals surface area contributed by atoms with Gasteiger partial charge in [-0.05, 0) is 27.2 Å². The minimum Gasteiger partial charge on any atom is -0.467 e. The second-order valence-corrected chi connectivity index (χ2v) is 5.14. The highest BCUT2D eigenvalue weighted by Crippen LogP contribution is 2.45. The number of esters is 1. The number of methoxy groups -OCH3 is 1. The molecule has 96 valence electrons. The molecular weight excluding hydrogens is 222 g/mol. The highest BCUT2D eigenvalue weighted by Gasteiger charge is 2.61. The molecule has 5 heteroatoms. The number of amides is 1. The largest absolute Gasteiger partial charge is 0.467 e. The standard InChI is InChI=1S/C12H19NO4/c1-6-8-7-12(8,9(14)16-5)13-10(15)17-11(2,3)4/h6,8H,1,7H2,2-5H3,(H,13,15). The van der Waals surface area contributed by atoms with E-state index in [1.54, 1.807) is 26.8 Å². The van der Waals surface area contributed by atoms with Crippen LogP contribution in [0.4, 0.5) is 4.79 Å². The molecule has 17 heavy (non-hydrogen) atoms. The normalized spacial score (nSPS) is 26.9. The summed E-state index contributed by atoms with van der Waals surface area (Å²) in [5.74, 6) is -0.560. The van der Waals surface area contributed by atoms with Gasteiger partial charge < -0.3 is 14.8 Å². The second kappa shape index (κ2) is 4.39. The first-order chi connectivity index (χ1) is 7.75. The predicted octanol–water partition coefficient (Wildman–Crippen LogP) is 1.63. The van der Waals surface area contributed by atoms with E-state index in [0.29, 0.717) is 6.42 Å². The van der Waals surface area contributed by atoms with Gasteiger partial charge in [0.15, 0.2) is 0 Å². The molecule has 2 unspecified atom stereocenters. The summed E-state index contributed by atoms with van der Waals surface area (Å²) in [6.07, 6.45) is 1.52. The molecule has 1 aliphatic carbocycles. The molecule has 1 amide bonds. The van der Waals surface area contributed by atoms with Crippen LogP contribution in [0.25, 0.3) is 0 Å². The SMILES string of the molecule is C=CC1CC1(NC(=O)OC(C)(C)C)C(=O)OC. The molecule has 1 fully saturated rings. The number of rotatable bonds is 3. The smallest absolute Gasteiger partial charge is 0.408 e. The van der Waals surface area contributed by atoms with E-state index in [0.717, 1.165) is 0 Å². The zero-order valence-corrected chi connectivity index (χ0v) is 10.7. The van der Waals surface area contributed by atoms with E-state index in [1.807, 2.05) is 0 Å². The summed E-state index contributed by atoms with van der Waals surface area (Å²) in [5.41, 5.74) is -1.58. The number of carbonyl (C=O) groups excluding carboxylic acids is 2. The highest BCUT2D eigenvalue weighted by molar-refractivity contribution is 5.90. The number of ether oxygens (including phenoxy) is 2. The number of nitrogens with one attached hydrogen (secondary N) is 1. The molecule has 0 radical (unpaired) electrons. The highest BCUT2D eigenvalue weighted by atomic mass is 16.6. The van der Waals surface area contributed by atoms with Crippen molar-refractivity contribution in [2.45, 2.75) is 38.3 Å². The van der Waals surface area contributed by atoms with E-state index in [2.05, 4.69) is 16.6 Å². The second-order valence-electron chi connectivity index (χ2n) is 5.14. The minimum atomic E-state index is -0.987. The van der Waals surface area contributed by atoms with E-state index >= 15 is 0 Å². The molecule has 0 aromatic carbocycles. The fourth-order valence-corrected chi connectivity index (χ4v) is 1.67. The Hall–Kier alpha value is -1.52. The lowest BCUT2D eigenvalue weighted by atomic mass is 10.2. The third kappa shape index (κ3) is 2.99. The van der Waals surface area contributed by atoms with Gasteiger partial charge in [0.05, 0.1) is 7.11 Å². The van der Waals surface area contributed by atoms with Gasteiger partial charge in [-0.3, -0.25) is 0 Å². The molecule has 0 heterocycles. The lowest BCUT2D eigenvalue weighted by Gasteiger charge is -2.22. The lowest BCUT2D eigenvalue weighted by Crippen LogP contribution is -2.47. The molecule has 0 spiro atoms. The van der Waals surface area contributed by atoms with Gasteiger partial charge in [-0.15, -0.1) is 6.58 Å². The summed E-state index contributed by atoms with van der Waals surface area (Å²) in [6, 6.07) is 0. The van der Waals surface area contributed by atoms with Crippen LogP contribution in [-0.2, 0) is 14.3 Å². The Morgan fingerprint density at radius 1 is 1.47 bits per heavy atom. The Morgan fingerprint density at radius 2 is 2.06 bits per heavy atom. The van der Waals surface area contributed by atoms with Crippen molar-refractivity contribution in [2.75, 3.05) is 7.11 Å². The van der Waals surface area contributed by atoms with Crippen molar-refractivity contribution in [3.8, 4) is 0 Å². The van der Waals surface area contributed by atoms with E-state index in [9.17, 15) is 9.59 Å². The van der Waals surface area contributed by atoms with Gasteiger partial charge >= 0.3 is 12.1 Å². The van der Waals surface area contributed by atoms with Gasteiger partial charge in [0.25, 0.3) is 0 Å². The Kier molecular flexibility index (Phi) is 3.50. The Morgan fingerprint density at radius 3 is 2.41 bits per heavy atom. The predicted molar refractivity (Wildman–Crippen MR) is 62.4 cm³/mol. The van der Waals surface area contributed by atoms with Crippen LogP contribution in [0, 0.1) is 5.92 Å². The number of carbonyl (C=O) groups is 2. The van der Waals surface area contributed by atoms with Gasteiger partial charge in [-0.2, -0.15) is 0 Å². The number of hydrogen-bond donors (Lipinski definition) is 1. The zero-order valence-electron chi connectivity index (χ0n) is 10.7. The van der Waals surface area contributed by atoms with Gasteiger partial charge in [0.2, 0.25) is 0 Å². The number of alkyl carbamates (subject to hydrolysis) is 1. The maximum absolute atomic E-state index is 11.6. The summed E-state index contributed by atoms with van der Waals surface area (Å²) >= 11 is 0. The van der Waals surface area contributed by atoms with Crippen LogP contribution in [0.1, 0.15) is 27.2 Å². The van der Waals surface area contributed by atoms with Crippen molar-refractivity contribution >= 4 is 12.1 Å². The van der Waals surface area contributed by atoms with Crippen molar-refractivity contribution < 1.29 is 19.1 Å². The van der Waals surface area contributed by atoms with Crippen molar-refractivity contribution in [1.82, 2.24) is 5.32 Å².